The van der Waals surface area contributed by atoms with Gasteiger partial charge in [-0.1, -0.05) is 12.1 Å². The predicted molar refractivity (Wildman–Crippen MR) is 126 cm³/mol. The maximum atomic E-state index is 14.3. The first-order chi connectivity index (χ1) is 16.9. The van der Waals surface area contributed by atoms with Gasteiger partial charge in [-0.05, 0) is 36.8 Å². The molecule has 0 saturated carbocycles. The number of hydrogen-bond acceptors (Lipinski definition) is 9. The Balaban J connectivity index is 1.59. The molecule has 2 N–H and O–H groups in total. The lowest BCUT2D eigenvalue weighted by Gasteiger charge is -2.15. The summed E-state index contributed by atoms with van der Waals surface area (Å²) in [5, 5.41) is 6.89. The second kappa shape index (κ2) is 11.1. The van der Waals surface area contributed by atoms with Crippen molar-refractivity contribution < 1.29 is 22.8 Å². The Morgan fingerprint density at radius 3 is 2.69 bits per heavy atom. The molecule has 0 spiro atoms. The summed E-state index contributed by atoms with van der Waals surface area (Å²) in [4.78, 5) is 23.1. The summed E-state index contributed by atoms with van der Waals surface area (Å²) >= 11 is 1.57. The minimum Gasteiger partial charge on any atom is -0.450 e. The topological polar surface area (TPSA) is 115 Å². The monoisotopic (exact) mass is 501 g/mol. The first-order valence-electron chi connectivity index (χ1n) is 10.5. The van der Waals surface area contributed by atoms with E-state index in [-0.39, 0.29) is 28.4 Å². The first-order valence-corrected chi connectivity index (χ1v) is 11.4. The summed E-state index contributed by atoms with van der Waals surface area (Å²) in [7, 11) is 1.65. The summed E-state index contributed by atoms with van der Waals surface area (Å²) in [6.45, 7) is 2.68. The number of benzene rings is 1. The van der Waals surface area contributed by atoms with Crippen molar-refractivity contribution in [3.63, 3.8) is 0 Å². The Kier molecular flexibility index (Phi) is 7.73. The van der Waals surface area contributed by atoms with Crippen LogP contribution in [0.3, 0.4) is 0 Å². The van der Waals surface area contributed by atoms with E-state index in [0.717, 1.165) is 23.4 Å². The van der Waals surface area contributed by atoms with Gasteiger partial charge in [0.25, 0.3) is 0 Å². The lowest BCUT2D eigenvalue weighted by molar-refractivity contribution is 0.195. The highest BCUT2D eigenvalue weighted by Crippen LogP contribution is 2.36. The van der Waals surface area contributed by atoms with Crippen LogP contribution in [0.1, 0.15) is 13.3 Å². The molecule has 182 valence electrons. The van der Waals surface area contributed by atoms with Gasteiger partial charge >= 0.3 is 5.76 Å². The van der Waals surface area contributed by atoms with Crippen LogP contribution in [-0.4, -0.2) is 39.1 Å². The van der Waals surface area contributed by atoms with Crippen molar-refractivity contribution in [2.45, 2.75) is 23.5 Å². The van der Waals surface area contributed by atoms with Crippen LogP contribution in [0, 0.1) is 11.6 Å². The average Bonchev–Trinajstić information content (AvgIpc) is 3.28. The molecular formula is C23H21F2N5O4S. The van der Waals surface area contributed by atoms with Gasteiger partial charge in [0.05, 0.1) is 0 Å². The molecule has 35 heavy (non-hydrogen) atoms. The highest BCUT2D eigenvalue weighted by molar-refractivity contribution is 7.99. The molecule has 3 aromatic heterocycles. The largest absolute Gasteiger partial charge is 0.450 e. The second-order valence-electron chi connectivity index (χ2n) is 7.41. The molecule has 0 aliphatic carbocycles. The fourth-order valence-electron chi connectivity index (χ4n) is 3.00. The van der Waals surface area contributed by atoms with Crippen LogP contribution in [0.5, 0.6) is 11.5 Å². The third-order valence-electron chi connectivity index (χ3n) is 4.73. The molecule has 4 aromatic rings. The normalized spacial score (nSPS) is 11.9. The molecule has 12 heteroatoms. The van der Waals surface area contributed by atoms with E-state index >= 15 is 0 Å². The van der Waals surface area contributed by atoms with E-state index in [1.807, 2.05) is 0 Å². The molecular weight excluding hydrogens is 480 g/mol. The van der Waals surface area contributed by atoms with Crippen molar-refractivity contribution in [2.24, 2.45) is 0 Å². The minimum atomic E-state index is -0.841. The number of thioether (sulfide) groups is 1. The minimum absolute atomic E-state index is 0.149. The van der Waals surface area contributed by atoms with E-state index in [2.05, 4.69) is 36.9 Å². The van der Waals surface area contributed by atoms with Gasteiger partial charge in [0, 0.05) is 47.9 Å². The van der Waals surface area contributed by atoms with Gasteiger partial charge in [0.2, 0.25) is 0 Å². The van der Waals surface area contributed by atoms with E-state index in [9.17, 15) is 13.6 Å². The van der Waals surface area contributed by atoms with E-state index in [1.54, 1.807) is 43.3 Å². The Bertz CT molecular complexity index is 1350. The van der Waals surface area contributed by atoms with E-state index in [0.29, 0.717) is 18.0 Å². The molecule has 0 saturated heterocycles. The molecule has 0 aliphatic rings. The Labute approximate surface area is 202 Å². The maximum absolute atomic E-state index is 14.3. The standard InChI is InChI=1S/C23H21F2N5O4S/c1-13(7-8-32-2)35-16-10-19(33-18-5-4-15(24)9-17(18)25)22(27-12-16)28-20-6-3-14(11-26-20)21-29-23(31)34-30-21/h3-6,9-13H,7-8H2,1-2H3,(H,26,27,28)(H,29,30,31). The van der Waals surface area contributed by atoms with Crippen LogP contribution in [0.25, 0.3) is 11.4 Å². The highest BCUT2D eigenvalue weighted by Gasteiger charge is 2.15. The SMILES string of the molecule is COCCC(C)Sc1cnc(Nc2ccc(-c3noc(=O)[nH]3)cn2)c(Oc2ccc(F)cc2F)c1. The number of nitrogens with one attached hydrogen (secondary N) is 2. The van der Waals surface area contributed by atoms with Crippen molar-refractivity contribution in [2.75, 3.05) is 19.0 Å². The third-order valence-corrected chi connectivity index (χ3v) is 5.86. The average molecular weight is 502 g/mol. The molecule has 1 aromatic carbocycles. The fourth-order valence-corrected chi connectivity index (χ4v) is 3.97. The number of methoxy groups -OCH3 is 1. The Morgan fingerprint density at radius 2 is 2.00 bits per heavy atom. The number of pyridine rings is 2. The number of nitrogens with zero attached hydrogens (tertiary/aromatic N) is 3. The molecule has 1 unspecified atom stereocenters. The van der Waals surface area contributed by atoms with E-state index in [4.69, 9.17) is 9.47 Å². The smallest absolute Gasteiger partial charge is 0.439 e. The van der Waals surface area contributed by atoms with Gasteiger partial charge in [-0.15, -0.1) is 11.8 Å². The molecule has 0 bridgehead atoms. The molecule has 0 amide bonds. The lowest BCUT2D eigenvalue weighted by atomic mass is 10.2. The molecule has 3 heterocycles. The highest BCUT2D eigenvalue weighted by atomic mass is 32.2. The van der Waals surface area contributed by atoms with Gasteiger partial charge < -0.3 is 14.8 Å². The molecule has 9 nitrogen and oxygen atoms in total. The van der Waals surface area contributed by atoms with Crippen LogP contribution in [-0.2, 0) is 4.74 Å². The van der Waals surface area contributed by atoms with Gasteiger partial charge in [0.15, 0.2) is 29.0 Å². The summed E-state index contributed by atoms with van der Waals surface area (Å²) in [5.41, 5.74) is 0.538. The van der Waals surface area contributed by atoms with Crippen molar-refractivity contribution in [1.29, 1.82) is 0 Å². The van der Waals surface area contributed by atoms with Crippen molar-refractivity contribution in [1.82, 2.24) is 20.1 Å². The summed E-state index contributed by atoms with van der Waals surface area (Å²) in [6.07, 6.45) is 3.98. The van der Waals surface area contributed by atoms with Crippen molar-refractivity contribution in [3.05, 3.63) is 71.0 Å². The number of rotatable bonds is 10. The first kappa shape index (κ1) is 24.4. The zero-order valence-electron chi connectivity index (χ0n) is 18.7. The van der Waals surface area contributed by atoms with Crippen molar-refractivity contribution in [3.8, 4) is 22.9 Å². The quantitative estimate of drug-likeness (QED) is 0.285. The number of ether oxygens (including phenoxy) is 2. The number of anilines is 2. The number of hydrogen-bond donors (Lipinski definition) is 2. The zero-order chi connectivity index (χ0) is 24.8. The Hall–Kier alpha value is -3.77. The molecule has 4 rings (SSSR count). The summed E-state index contributed by atoms with van der Waals surface area (Å²) in [5.74, 6) is -1.21. The van der Waals surface area contributed by atoms with Crippen LogP contribution in [0.15, 0.2) is 63.0 Å². The lowest BCUT2D eigenvalue weighted by Crippen LogP contribution is -2.03. The van der Waals surface area contributed by atoms with Crippen LogP contribution in [0.4, 0.5) is 20.4 Å². The van der Waals surface area contributed by atoms with Crippen molar-refractivity contribution >= 4 is 23.4 Å². The zero-order valence-corrected chi connectivity index (χ0v) is 19.6. The van der Waals surface area contributed by atoms with Crippen LogP contribution in [0.2, 0.25) is 0 Å². The summed E-state index contributed by atoms with van der Waals surface area (Å²) < 4.78 is 43.0. The van der Waals surface area contributed by atoms with Crippen LogP contribution < -0.4 is 15.8 Å². The number of H-pyrrole nitrogens is 1. The van der Waals surface area contributed by atoms with E-state index < -0.39 is 17.4 Å². The van der Waals surface area contributed by atoms with Crippen LogP contribution >= 0.6 is 11.8 Å². The third kappa shape index (κ3) is 6.43. The Morgan fingerprint density at radius 1 is 1.14 bits per heavy atom. The summed E-state index contributed by atoms with van der Waals surface area (Å²) in [6, 6.07) is 8.10. The molecule has 0 fully saturated rings. The number of aromatic nitrogens is 4. The maximum Gasteiger partial charge on any atom is 0.439 e. The second-order valence-corrected chi connectivity index (χ2v) is 8.92. The fraction of sp³-hybridized carbons (Fsp3) is 0.217. The molecule has 1 atom stereocenters. The molecule has 0 aliphatic heterocycles. The van der Waals surface area contributed by atoms with Gasteiger partial charge in [0.1, 0.15) is 11.6 Å². The number of aromatic amines is 1. The van der Waals surface area contributed by atoms with Gasteiger partial charge in [-0.3, -0.25) is 9.51 Å². The molecule has 0 radical (unpaired) electrons. The number of halogens is 2. The van der Waals surface area contributed by atoms with Gasteiger partial charge in [-0.2, -0.15) is 0 Å². The van der Waals surface area contributed by atoms with E-state index in [1.165, 1.54) is 12.3 Å². The predicted octanol–water partition coefficient (Wildman–Crippen LogP) is 5.15. The van der Waals surface area contributed by atoms with Gasteiger partial charge in [-0.25, -0.2) is 23.5 Å².